The summed E-state index contributed by atoms with van der Waals surface area (Å²) in [6.07, 6.45) is 0.357. The number of aromatic nitrogens is 1. The summed E-state index contributed by atoms with van der Waals surface area (Å²) in [6, 6.07) is 8.38. The van der Waals surface area contributed by atoms with E-state index in [1.54, 1.807) is 37.3 Å². The number of hydrogen-bond acceptors (Lipinski definition) is 7. The summed E-state index contributed by atoms with van der Waals surface area (Å²) in [5.74, 6) is -3.13. The number of nitrogens with zero attached hydrogens (tertiary/aromatic N) is 1. The molecule has 0 aliphatic carbocycles. The van der Waals surface area contributed by atoms with Gasteiger partial charge in [0.15, 0.2) is 12.2 Å². The van der Waals surface area contributed by atoms with Crippen molar-refractivity contribution in [3.8, 4) is 0 Å². The highest BCUT2D eigenvalue weighted by Crippen LogP contribution is 2.40. The number of hydrogen-bond donors (Lipinski definition) is 1. The van der Waals surface area contributed by atoms with Gasteiger partial charge in [-0.1, -0.05) is 13.0 Å². The van der Waals surface area contributed by atoms with Gasteiger partial charge in [-0.25, -0.2) is 9.59 Å². The van der Waals surface area contributed by atoms with Crippen LogP contribution in [0.4, 0.5) is 0 Å². The summed E-state index contributed by atoms with van der Waals surface area (Å²) in [4.78, 5) is 28.0. The molecule has 1 N–H and O–H groups in total. The standard InChI is InChI=1S/C17H17NO7/c1-2-17(12-7-3-4-8-18-12)24-13(15(19)20)14(25-17)16(21)23-10-11-6-5-9-22-11/h3-9,13-14H,2,10H2,1H3,(H,19,20). The second-order valence-electron chi connectivity index (χ2n) is 5.42. The van der Waals surface area contributed by atoms with Gasteiger partial charge in [-0.3, -0.25) is 4.98 Å². The highest BCUT2D eigenvalue weighted by Gasteiger charge is 2.55. The summed E-state index contributed by atoms with van der Waals surface area (Å²) >= 11 is 0. The number of aliphatic carboxylic acids is 1. The summed E-state index contributed by atoms with van der Waals surface area (Å²) in [5, 5.41) is 9.41. The molecule has 0 amide bonds. The van der Waals surface area contributed by atoms with Gasteiger partial charge in [-0.2, -0.15) is 0 Å². The molecule has 8 heteroatoms. The predicted molar refractivity (Wildman–Crippen MR) is 82.1 cm³/mol. The van der Waals surface area contributed by atoms with Gasteiger partial charge in [0.05, 0.1) is 12.0 Å². The van der Waals surface area contributed by atoms with E-state index in [2.05, 4.69) is 4.98 Å². The third-order valence-corrected chi connectivity index (χ3v) is 3.84. The first-order chi connectivity index (χ1) is 12.1. The molecule has 3 rings (SSSR count). The fourth-order valence-corrected chi connectivity index (χ4v) is 2.59. The first kappa shape index (κ1) is 17.1. The summed E-state index contributed by atoms with van der Waals surface area (Å²) in [5.41, 5.74) is 0.394. The van der Waals surface area contributed by atoms with E-state index in [-0.39, 0.29) is 13.0 Å². The van der Waals surface area contributed by atoms with Gasteiger partial charge in [-0.05, 0) is 24.3 Å². The number of rotatable bonds is 6. The Kier molecular flexibility index (Phi) is 4.82. The Morgan fingerprint density at radius 1 is 1.24 bits per heavy atom. The van der Waals surface area contributed by atoms with Crippen molar-refractivity contribution in [1.82, 2.24) is 4.98 Å². The number of carbonyl (C=O) groups is 2. The van der Waals surface area contributed by atoms with Crippen molar-refractivity contribution >= 4 is 11.9 Å². The van der Waals surface area contributed by atoms with Crippen molar-refractivity contribution in [3.05, 3.63) is 54.2 Å². The van der Waals surface area contributed by atoms with Crippen LogP contribution in [-0.2, 0) is 36.2 Å². The number of carbonyl (C=O) groups excluding carboxylic acids is 1. The first-order valence-corrected chi connectivity index (χ1v) is 7.74. The maximum Gasteiger partial charge on any atom is 0.339 e. The number of furan rings is 1. The Morgan fingerprint density at radius 2 is 2.04 bits per heavy atom. The van der Waals surface area contributed by atoms with E-state index in [1.165, 1.54) is 12.5 Å². The van der Waals surface area contributed by atoms with Gasteiger partial charge in [-0.15, -0.1) is 0 Å². The number of esters is 1. The molecule has 3 heterocycles. The topological polar surface area (TPSA) is 108 Å². The molecule has 1 fully saturated rings. The molecule has 2 aromatic heterocycles. The molecular weight excluding hydrogens is 330 g/mol. The number of pyridine rings is 1. The third kappa shape index (κ3) is 3.40. The normalized spacial score (nSPS) is 25.6. The van der Waals surface area contributed by atoms with Gasteiger partial charge in [0.1, 0.15) is 12.4 Å². The maximum absolute atomic E-state index is 12.3. The van der Waals surface area contributed by atoms with Crippen LogP contribution in [0.2, 0.25) is 0 Å². The second-order valence-corrected chi connectivity index (χ2v) is 5.42. The van der Waals surface area contributed by atoms with Crippen LogP contribution in [0.1, 0.15) is 24.8 Å². The first-order valence-electron chi connectivity index (χ1n) is 7.74. The quantitative estimate of drug-likeness (QED) is 0.789. The van der Waals surface area contributed by atoms with E-state index in [1.807, 2.05) is 0 Å². The number of carboxylic acid groups (broad SMARTS) is 1. The lowest BCUT2D eigenvalue weighted by Gasteiger charge is -2.25. The van der Waals surface area contributed by atoms with Crippen LogP contribution < -0.4 is 0 Å². The van der Waals surface area contributed by atoms with Gasteiger partial charge in [0.2, 0.25) is 5.79 Å². The number of ether oxygens (including phenoxy) is 3. The molecule has 25 heavy (non-hydrogen) atoms. The smallest absolute Gasteiger partial charge is 0.339 e. The molecule has 3 unspecified atom stereocenters. The lowest BCUT2D eigenvalue weighted by Crippen LogP contribution is -2.38. The summed E-state index contributed by atoms with van der Waals surface area (Å²) < 4.78 is 21.5. The lowest BCUT2D eigenvalue weighted by molar-refractivity contribution is -0.199. The minimum Gasteiger partial charge on any atom is -0.479 e. The van der Waals surface area contributed by atoms with Crippen molar-refractivity contribution < 1.29 is 33.3 Å². The SMILES string of the molecule is CCC1(c2ccccn2)OC(C(=O)O)C(C(=O)OCc2ccco2)O1. The number of carboxylic acids is 1. The second kappa shape index (κ2) is 7.04. The van der Waals surface area contributed by atoms with Crippen molar-refractivity contribution in [2.24, 2.45) is 0 Å². The van der Waals surface area contributed by atoms with Crippen LogP contribution in [0.5, 0.6) is 0 Å². The van der Waals surface area contributed by atoms with Crippen LogP contribution in [0.15, 0.2) is 47.2 Å². The molecule has 0 saturated carbocycles. The van der Waals surface area contributed by atoms with E-state index in [9.17, 15) is 14.7 Å². The molecule has 3 atom stereocenters. The van der Waals surface area contributed by atoms with Crippen molar-refractivity contribution in [2.75, 3.05) is 0 Å². The fourth-order valence-electron chi connectivity index (χ4n) is 2.59. The molecule has 132 valence electrons. The zero-order valence-corrected chi connectivity index (χ0v) is 13.5. The molecule has 2 aromatic rings. The molecule has 1 saturated heterocycles. The summed E-state index contributed by atoms with van der Waals surface area (Å²) in [6.45, 7) is 1.63. The Morgan fingerprint density at radius 3 is 2.64 bits per heavy atom. The molecule has 8 nitrogen and oxygen atoms in total. The third-order valence-electron chi connectivity index (χ3n) is 3.84. The van der Waals surface area contributed by atoms with Gasteiger partial charge in [0, 0.05) is 12.6 Å². The van der Waals surface area contributed by atoms with Crippen LogP contribution in [-0.4, -0.2) is 34.2 Å². The monoisotopic (exact) mass is 347 g/mol. The Labute approximate surface area is 143 Å². The zero-order chi connectivity index (χ0) is 17.9. The molecule has 0 spiro atoms. The molecule has 0 bridgehead atoms. The van der Waals surface area contributed by atoms with Gasteiger partial charge >= 0.3 is 11.9 Å². The minimum atomic E-state index is -1.49. The van der Waals surface area contributed by atoms with E-state index < -0.39 is 29.9 Å². The fraction of sp³-hybridized carbons (Fsp3) is 0.353. The summed E-state index contributed by atoms with van der Waals surface area (Å²) in [7, 11) is 0. The predicted octanol–water partition coefficient (Wildman–Crippen LogP) is 1.85. The van der Waals surface area contributed by atoms with Gasteiger partial charge < -0.3 is 23.7 Å². The highest BCUT2D eigenvalue weighted by molar-refractivity contribution is 5.85. The van der Waals surface area contributed by atoms with Crippen LogP contribution in [0, 0.1) is 0 Å². The minimum absolute atomic E-state index is 0.124. The van der Waals surface area contributed by atoms with Crippen LogP contribution in [0.25, 0.3) is 0 Å². The highest BCUT2D eigenvalue weighted by atomic mass is 16.8. The van der Waals surface area contributed by atoms with Crippen molar-refractivity contribution in [3.63, 3.8) is 0 Å². The van der Waals surface area contributed by atoms with Crippen molar-refractivity contribution in [1.29, 1.82) is 0 Å². The maximum atomic E-state index is 12.3. The average Bonchev–Trinajstić information content (AvgIpc) is 3.29. The average molecular weight is 347 g/mol. The largest absolute Gasteiger partial charge is 0.479 e. The van der Waals surface area contributed by atoms with E-state index in [4.69, 9.17) is 18.6 Å². The van der Waals surface area contributed by atoms with E-state index >= 15 is 0 Å². The van der Waals surface area contributed by atoms with Crippen LogP contribution >= 0.6 is 0 Å². The Bertz CT molecular complexity index is 731. The molecule has 0 radical (unpaired) electrons. The lowest BCUT2D eigenvalue weighted by atomic mass is 10.1. The van der Waals surface area contributed by atoms with E-state index in [0.29, 0.717) is 11.5 Å². The van der Waals surface area contributed by atoms with Gasteiger partial charge in [0.25, 0.3) is 0 Å². The van der Waals surface area contributed by atoms with E-state index in [0.717, 1.165) is 0 Å². The Balaban J connectivity index is 1.80. The molecule has 1 aliphatic heterocycles. The molecular formula is C17H17NO7. The van der Waals surface area contributed by atoms with Crippen LogP contribution in [0.3, 0.4) is 0 Å². The van der Waals surface area contributed by atoms with Crippen molar-refractivity contribution in [2.45, 2.75) is 37.9 Å². The molecule has 1 aliphatic rings. The molecule has 0 aromatic carbocycles. The Hall–Kier alpha value is -2.71. The zero-order valence-electron chi connectivity index (χ0n) is 13.5.